The van der Waals surface area contributed by atoms with Gasteiger partial charge in [0.2, 0.25) is 5.91 Å². The van der Waals surface area contributed by atoms with E-state index in [1.54, 1.807) is 12.1 Å². The van der Waals surface area contributed by atoms with Gasteiger partial charge in [0.1, 0.15) is 6.04 Å². The summed E-state index contributed by atoms with van der Waals surface area (Å²) in [5.41, 5.74) is 3.36. The lowest BCUT2D eigenvalue weighted by Crippen LogP contribution is -2.40. The van der Waals surface area contributed by atoms with Crippen molar-refractivity contribution in [1.29, 1.82) is 0 Å². The summed E-state index contributed by atoms with van der Waals surface area (Å²) >= 11 is 0. The Balaban J connectivity index is 1.80. The maximum Gasteiger partial charge on any atom is 0.332 e. The quantitative estimate of drug-likeness (QED) is 0.693. The minimum atomic E-state index is -0.810. The maximum absolute atomic E-state index is 13.2. The van der Waals surface area contributed by atoms with E-state index in [1.807, 2.05) is 57.2 Å². The van der Waals surface area contributed by atoms with Crippen LogP contribution in [0.5, 0.6) is 0 Å². The smallest absolute Gasteiger partial charge is 0.326 e. The minimum Gasteiger partial charge on any atom is -0.326 e. The molecule has 158 valence electrons. The number of carbonyl (C=O) groups excluding carboxylic acids is 3. The molecule has 1 aliphatic heterocycles. The lowest BCUT2D eigenvalue weighted by molar-refractivity contribution is -0.124. The van der Waals surface area contributed by atoms with Crippen LogP contribution in [-0.4, -0.2) is 35.3 Å². The number of rotatable bonds is 7. The highest BCUT2D eigenvalue weighted by atomic mass is 16.2. The van der Waals surface area contributed by atoms with Crippen molar-refractivity contribution < 1.29 is 14.4 Å². The molecule has 1 N–H and O–H groups in total. The van der Waals surface area contributed by atoms with Crippen LogP contribution in [0.25, 0.3) is 0 Å². The molecule has 2 aromatic rings. The summed E-state index contributed by atoms with van der Waals surface area (Å²) < 4.78 is 0. The van der Waals surface area contributed by atoms with Gasteiger partial charge in [-0.15, -0.1) is 0 Å². The Hall–Kier alpha value is -3.15. The summed E-state index contributed by atoms with van der Waals surface area (Å²) in [7, 11) is 0. The van der Waals surface area contributed by atoms with Gasteiger partial charge in [-0.2, -0.15) is 0 Å². The molecule has 2 aromatic carbocycles. The first-order chi connectivity index (χ1) is 14.3. The van der Waals surface area contributed by atoms with Crippen LogP contribution in [0.3, 0.4) is 0 Å². The van der Waals surface area contributed by atoms with E-state index in [0.717, 1.165) is 12.0 Å². The van der Waals surface area contributed by atoms with Crippen LogP contribution in [0.4, 0.5) is 16.2 Å². The summed E-state index contributed by atoms with van der Waals surface area (Å²) in [6, 6.07) is 13.7. The van der Waals surface area contributed by atoms with Gasteiger partial charge in [-0.1, -0.05) is 45.0 Å². The predicted molar refractivity (Wildman–Crippen MR) is 118 cm³/mol. The molecular formula is C24H29N3O3. The first kappa shape index (κ1) is 21.6. The van der Waals surface area contributed by atoms with E-state index < -0.39 is 6.04 Å². The molecule has 0 unspecified atom stereocenters. The van der Waals surface area contributed by atoms with Gasteiger partial charge in [0.05, 0.1) is 12.1 Å². The highest BCUT2D eigenvalue weighted by molar-refractivity contribution is 6.22. The molecule has 0 saturated carbocycles. The largest absolute Gasteiger partial charge is 0.332 e. The van der Waals surface area contributed by atoms with Crippen LogP contribution >= 0.6 is 0 Å². The highest BCUT2D eigenvalue weighted by Crippen LogP contribution is 2.28. The van der Waals surface area contributed by atoms with Crippen molar-refractivity contribution in [3.05, 3.63) is 59.7 Å². The molecular weight excluding hydrogens is 378 g/mol. The molecule has 0 aliphatic carbocycles. The van der Waals surface area contributed by atoms with Crippen molar-refractivity contribution in [1.82, 2.24) is 4.90 Å². The molecule has 0 bridgehead atoms. The molecule has 30 heavy (non-hydrogen) atoms. The van der Waals surface area contributed by atoms with Gasteiger partial charge in [0, 0.05) is 12.2 Å². The molecule has 6 nitrogen and oxygen atoms in total. The number of nitrogens with one attached hydrogen (secondary N) is 1. The van der Waals surface area contributed by atoms with Crippen molar-refractivity contribution in [3.8, 4) is 0 Å². The average Bonchev–Trinajstić information content (AvgIpc) is 2.92. The molecule has 0 aromatic heterocycles. The number of carbonyl (C=O) groups is 3. The fourth-order valence-electron chi connectivity index (χ4n) is 3.65. The van der Waals surface area contributed by atoms with E-state index >= 15 is 0 Å². The average molecular weight is 408 g/mol. The molecule has 1 heterocycles. The third-order valence-corrected chi connectivity index (χ3v) is 5.17. The van der Waals surface area contributed by atoms with Crippen LogP contribution in [0, 0.1) is 12.8 Å². The topological polar surface area (TPSA) is 69.7 Å². The first-order valence-electron chi connectivity index (χ1n) is 10.4. The van der Waals surface area contributed by atoms with Crippen molar-refractivity contribution in [2.45, 2.75) is 46.6 Å². The van der Waals surface area contributed by atoms with Crippen LogP contribution < -0.4 is 10.2 Å². The second-order valence-corrected chi connectivity index (χ2v) is 8.16. The molecule has 1 saturated heterocycles. The molecule has 1 aliphatic rings. The first-order valence-corrected chi connectivity index (χ1v) is 10.4. The molecule has 6 heteroatoms. The number of hydrogen-bond donors (Lipinski definition) is 1. The number of aryl methyl sites for hydroxylation is 2. The fourth-order valence-corrected chi connectivity index (χ4v) is 3.65. The number of benzene rings is 2. The second-order valence-electron chi connectivity index (χ2n) is 8.16. The summed E-state index contributed by atoms with van der Waals surface area (Å²) in [5.74, 6) is -0.473. The molecule has 4 amide bonds. The van der Waals surface area contributed by atoms with E-state index in [0.29, 0.717) is 17.9 Å². The van der Waals surface area contributed by atoms with Gasteiger partial charge in [-0.3, -0.25) is 9.59 Å². The van der Waals surface area contributed by atoms with Crippen molar-refractivity contribution in [2.75, 3.05) is 16.8 Å². The summed E-state index contributed by atoms with van der Waals surface area (Å²) in [6.07, 6.45) is 0.848. The third-order valence-electron chi connectivity index (χ3n) is 5.17. The normalized spacial score (nSPS) is 16.5. The lowest BCUT2D eigenvalue weighted by atomic mass is 10.1. The maximum atomic E-state index is 13.2. The zero-order valence-corrected chi connectivity index (χ0v) is 18.0. The van der Waals surface area contributed by atoms with Gasteiger partial charge >= 0.3 is 6.03 Å². The Morgan fingerprint density at radius 3 is 2.40 bits per heavy atom. The van der Waals surface area contributed by atoms with Gasteiger partial charge in [-0.25, -0.2) is 9.69 Å². The zero-order valence-electron chi connectivity index (χ0n) is 18.0. The van der Waals surface area contributed by atoms with Crippen LogP contribution in [-0.2, 0) is 16.0 Å². The lowest BCUT2D eigenvalue weighted by Gasteiger charge is -2.23. The van der Waals surface area contributed by atoms with Crippen LogP contribution in [0.2, 0.25) is 0 Å². The molecule has 0 radical (unpaired) electrons. The van der Waals surface area contributed by atoms with Gasteiger partial charge in [-0.05, 0) is 54.7 Å². The van der Waals surface area contributed by atoms with Crippen molar-refractivity contribution >= 4 is 29.2 Å². The van der Waals surface area contributed by atoms with Gasteiger partial charge < -0.3 is 10.2 Å². The van der Waals surface area contributed by atoms with E-state index in [-0.39, 0.29) is 30.2 Å². The summed E-state index contributed by atoms with van der Waals surface area (Å²) in [4.78, 5) is 41.7. The Labute approximate surface area is 177 Å². The minimum absolute atomic E-state index is 0.0743. The Morgan fingerprint density at radius 1 is 1.10 bits per heavy atom. The third kappa shape index (κ3) is 4.70. The van der Waals surface area contributed by atoms with Crippen LogP contribution in [0.15, 0.2) is 48.5 Å². The molecule has 1 fully saturated rings. The number of hydrogen-bond acceptors (Lipinski definition) is 3. The van der Waals surface area contributed by atoms with E-state index in [4.69, 9.17) is 0 Å². The number of amides is 4. The van der Waals surface area contributed by atoms with E-state index in [9.17, 15) is 14.4 Å². The van der Waals surface area contributed by atoms with E-state index in [2.05, 4.69) is 12.2 Å². The molecule has 1 atom stereocenters. The number of anilines is 2. The Bertz CT molecular complexity index is 937. The summed E-state index contributed by atoms with van der Waals surface area (Å²) in [5, 5.41) is 2.85. The molecule has 3 rings (SSSR count). The van der Waals surface area contributed by atoms with Gasteiger partial charge in [0.25, 0.3) is 5.91 Å². The highest BCUT2D eigenvalue weighted by Gasteiger charge is 2.46. The SMILES string of the molecule is CCc1ccc(NC(=O)C[C@H]2C(=O)N(c3cccc(C)c3)C(=O)N2CC(C)C)cc1. The van der Waals surface area contributed by atoms with Crippen LogP contribution in [0.1, 0.15) is 38.3 Å². The van der Waals surface area contributed by atoms with Crippen molar-refractivity contribution in [2.24, 2.45) is 5.92 Å². The second kappa shape index (κ2) is 9.11. The fraction of sp³-hybridized carbons (Fsp3) is 0.375. The number of urea groups is 1. The van der Waals surface area contributed by atoms with Gasteiger partial charge in [0.15, 0.2) is 0 Å². The van der Waals surface area contributed by atoms with Crippen molar-refractivity contribution in [3.63, 3.8) is 0 Å². The predicted octanol–water partition coefficient (Wildman–Crippen LogP) is 4.38. The monoisotopic (exact) mass is 407 g/mol. The zero-order chi connectivity index (χ0) is 21.8. The molecule has 0 spiro atoms. The standard InChI is InChI=1S/C24H29N3O3/c1-5-18-9-11-19(12-10-18)25-22(28)14-21-23(29)27(20-8-6-7-17(4)13-20)24(30)26(21)15-16(2)3/h6-13,16,21H,5,14-15H2,1-4H3,(H,25,28)/t21-/m0/s1. The van der Waals surface area contributed by atoms with E-state index in [1.165, 1.54) is 15.4 Å². The Morgan fingerprint density at radius 2 is 1.80 bits per heavy atom. The summed E-state index contributed by atoms with van der Waals surface area (Å²) in [6.45, 7) is 8.36. The Kier molecular flexibility index (Phi) is 6.55. The number of nitrogens with zero attached hydrogens (tertiary/aromatic N) is 2. The number of imide groups is 1.